The van der Waals surface area contributed by atoms with Gasteiger partial charge in [0.1, 0.15) is 0 Å². The molecule has 0 heterocycles. The highest BCUT2D eigenvalue weighted by atomic mass is 17.0. The maximum atomic E-state index is 11.1. The smallest absolute Gasteiger partial charge is 0.384 e. The Kier molecular flexibility index (Phi) is 9.03. The van der Waals surface area contributed by atoms with Gasteiger partial charge in [0, 0.05) is 6.92 Å². The van der Waals surface area contributed by atoms with E-state index in [1.54, 1.807) is 0 Å². The summed E-state index contributed by atoms with van der Waals surface area (Å²) in [5.74, 6) is -0.492. The lowest BCUT2D eigenvalue weighted by Crippen LogP contribution is -2.44. The fourth-order valence-corrected chi connectivity index (χ4v) is 1.07. The molecule has 0 saturated heterocycles. The van der Waals surface area contributed by atoms with Gasteiger partial charge >= 0.3 is 12.1 Å². The van der Waals surface area contributed by atoms with Crippen LogP contribution in [0.15, 0.2) is 0 Å². The van der Waals surface area contributed by atoms with Crippen molar-refractivity contribution in [2.75, 3.05) is 19.8 Å². The lowest BCUT2D eigenvalue weighted by atomic mass is 10.5. The summed E-state index contributed by atoms with van der Waals surface area (Å²) in [5, 5.41) is 0. The predicted octanol–water partition coefficient (Wildman–Crippen LogP) is 2.44. The van der Waals surface area contributed by atoms with Crippen LogP contribution in [0.5, 0.6) is 0 Å². The maximum Gasteiger partial charge on any atom is 0.462 e. The van der Waals surface area contributed by atoms with E-state index in [0.717, 1.165) is 19.3 Å². The van der Waals surface area contributed by atoms with Gasteiger partial charge in [0.15, 0.2) is 0 Å². The Hall–Kier alpha value is -0.650. The van der Waals surface area contributed by atoms with Crippen LogP contribution in [0.2, 0.25) is 0 Å². The lowest BCUT2D eigenvalue weighted by Gasteiger charge is -2.30. The fraction of sp³-hybridized carbons (Fsp3) is 0.917. The second kappa shape index (κ2) is 9.39. The third-order valence-corrected chi connectivity index (χ3v) is 1.72. The molecule has 0 unspecified atom stereocenters. The van der Waals surface area contributed by atoms with Gasteiger partial charge < -0.3 is 4.74 Å². The topological polar surface area (TPSA) is 54.0 Å². The molecular formula is C12H24O5. The zero-order chi connectivity index (χ0) is 13.1. The van der Waals surface area contributed by atoms with Gasteiger partial charge in [-0.1, -0.05) is 20.8 Å². The van der Waals surface area contributed by atoms with E-state index in [4.69, 9.17) is 18.9 Å². The molecule has 5 nitrogen and oxygen atoms in total. The van der Waals surface area contributed by atoms with Crippen molar-refractivity contribution in [1.82, 2.24) is 0 Å². The average molecular weight is 248 g/mol. The van der Waals surface area contributed by atoms with Crippen LogP contribution in [0, 0.1) is 0 Å². The van der Waals surface area contributed by atoms with Gasteiger partial charge in [0.05, 0.1) is 19.8 Å². The zero-order valence-corrected chi connectivity index (χ0v) is 11.3. The first-order chi connectivity index (χ1) is 8.10. The molecule has 0 bridgehead atoms. The number of hydrogen-bond donors (Lipinski definition) is 0. The van der Waals surface area contributed by atoms with E-state index < -0.39 is 12.1 Å². The van der Waals surface area contributed by atoms with Crippen molar-refractivity contribution < 1.29 is 23.7 Å². The first-order valence-corrected chi connectivity index (χ1v) is 6.21. The molecule has 0 aliphatic rings. The third-order valence-electron chi connectivity index (χ3n) is 1.72. The summed E-state index contributed by atoms with van der Waals surface area (Å²) in [7, 11) is 0. The highest BCUT2D eigenvalue weighted by molar-refractivity contribution is 5.66. The minimum Gasteiger partial charge on any atom is -0.384 e. The van der Waals surface area contributed by atoms with Crippen LogP contribution < -0.4 is 0 Å². The first kappa shape index (κ1) is 16.4. The molecule has 0 aliphatic heterocycles. The van der Waals surface area contributed by atoms with Crippen molar-refractivity contribution in [3.63, 3.8) is 0 Å². The lowest BCUT2D eigenvalue weighted by molar-refractivity contribution is -0.482. The second-order valence-electron chi connectivity index (χ2n) is 3.64. The number of rotatable bonds is 10. The molecule has 102 valence electrons. The molecule has 0 aromatic heterocycles. The number of carbonyl (C=O) groups is 1. The van der Waals surface area contributed by atoms with E-state index in [9.17, 15) is 4.79 Å². The Labute approximate surface area is 103 Å². The molecule has 0 aromatic carbocycles. The molecule has 0 amide bonds. The van der Waals surface area contributed by atoms with Crippen molar-refractivity contribution in [1.29, 1.82) is 0 Å². The molecule has 0 aliphatic carbocycles. The van der Waals surface area contributed by atoms with E-state index in [2.05, 4.69) is 0 Å². The predicted molar refractivity (Wildman–Crippen MR) is 63.2 cm³/mol. The van der Waals surface area contributed by atoms with E-state index >= 15 is 0 Å². The van der Waals surface area contributed by atoms with Crippen LogP contribution in [0.4, 0.5) is 0 Å². The average Bonchev–Trinajstić information content (AvgIpc) is 2.30. The molecule has 0 fully saturated rings. The summed E-state index contributed by atoms with van der Waals surface area (Å²) in [6.45, 7) is 8.38. The van der Waals surface area contributed by atoms with Crippen molar-refractivity contribution in [3.8, 4) is 0 Å². The standard InChI is InChI=1S/C12H24O5/c1-5-8-14-12(15-9-6-2,16-10-7-3)17-11(4)13/h5-10H2,1-4H3. The Morgan fingerprint density at radius 1 is 0.882 bits per heavy atom. The van der Waals surface area contributed by atoms with Crippen LogP contribution in [0.25, 0.3) is 0 Å². The van der Waals surface area contributed by atoms with E-state index in [-0.39, 0.29) is 0 Å². The minimum absolute atomic E-state index is 0.403. The van der Waals surface area contributed by atoms with Crippen molar-refractivity contribution in [2.24, 2.45) is 0 Å². The Balaban J connectivity index is 4.56. The van der Waals surface area contributed by atoms with E-state index in [1.165, 1.54) is 6.92 Å². The maximum absolute atomic E-state index is 11.1. The van der Waals surface area contributed by atoms with Crippen LogP contribution in [-0.2, 0) is 23.7 Å². The van der Waals surface area contributed by atoms with Gasteiger partial charge in [-0.3, -0.25) is 19.0 Å². The van der Waals surface area contributed by atoms with Gasteiger partial charge in [0.25, 0.3) is 0 Å². The third kappa shape index (κ3) is 7.31. The first-order valence-electron chi connectivity index (χ1n) is 6.21. The van der Waals surface area contributed by atoms with Crippen LogP contribution >= 0.6 is 0 Å². The normalized spacial score (nSPS) is 11.5. The molecule has 5 heteroatoms. The Morgan fingerprint density at radius 3 is 1.47 bits per heavy atom. The molecule has 17 heavy (non-hydrogen) atoms. The summed E-state index contributed by atoms with van der Waals surface area (Å²) in [4.78, 5) is 11.1. The zero-order valence-electron chi connectivity index (χ0n) is 11.3. The summed E-state index contributed by atoms with van der Waals surface area (Å²) in [6.07, 6.45) is 0.684. The molecular weight excluding hydrogens is 224 g/mol. The van der Waals surface area contributed by atoms with Crippen LogP contribution in [-0.4, -0.2) is 31.9 Å². The molecule has 0 N–H and O–H groups in total. The number of ether oxygens (including phenoxy) is 4. The Morgan fingerprint density at radius 2 is 1.24 bits per heavy atom. The van der Waals surface area contributed by atoms with Gasteiger partial charge in [-0.05, 0) is 19.3 Å². The van der Waals surface area contributed by atoms with E-state index in [1.807, 2.05) is 20.8 Å². The van der Waals surface area contributed by atoms with Gasteiger partial charge in [-0.15, -0.1) is 0 Å². The highest BCUT2D eigenvalue weighted by Gasteiger charge is 2.38. The van der Waals surface area contributed by atoms with Gasteiger partial charge in [-0.25, -0.2) is 0 Å². The molecule has 0 aromatic rings. The SMILES string of the molecule is CCCOC(OCCC)(OCCC)OC(C)=O. The number of esters is 1. The minimum atomic E-state index is -1.67. The molecule has 0 spiro atoms. The number of hydrogen-bond acceptors (Lipinski definition) is 5. The summed E-state index contributed by atoms with van der Waals surface area (Å²) in [6, 6.07) is 0. The second-order valence-corrected chi connectivity index (χ2v) is 3.64. The highest BCUT2D eigenvalue weighted by Crippen LogP contribution is 2.19. The van der Waals surface area contributed by atoms with Crippen LogP contribution in [0.3, 0.4) is 0 Å². The van der Waals surface area contributed by atoms with Crippen LogP contribution in [0.1, 0.15) is 47.0 Å². The van der Waals surface area contributed by atoms with Gasteiger partial charge in [0.2, 0.25) is 0 Å². The summed E-state index contributed by atoms with van der Waals surface area (Å²) >= 11 is 0. The number of carbonyl (C=O) groups excluding carboxylic acids is 1. The molecule has 0 saturated carbocycles. The van der Waals surface area contributed by atoms with Crippen molar-refractivity contribution >= 4 is 5.97 Å². The van der Waals surface area contributed by atoms with Gasteiger partial charge in [-0.2, -0.15) is 0 Å². The molecule has 0 radical (unpaired) electrons. The van der Waals surface area contributed by atoms with Crippen molar-refractivity contribution in [2.45, 2.75) is 53.1 Å². The Bertz CT molecular complexity index is 183. The quantitative estimate of drug-likeness (QED) is 0.439. The summed E-state index contributed by atoms with van der Waals surface area (Å²) < 4.78 is 21.3. The molecule has 0 rings (SSSR count). The summed E-state index contributed by atoms with van der Waals surface area (Å²) in [5.41, 5.74) is 0. The molecule has 0 atom stereocenters. The monoisotopic (exact) mass is 248 g/mol. The van der Waals surface area contributed by atoms with Crippen molar-refractivity contribution in [3.05, 3.63) is 0 Å². The fourth-order valence-electron chi connectivity index (χ4n) is 1.07. The largest absolute Gasteiger partial charge is 0.462 e. The van der Waals surface area contributed by atoms with E-state index in [0.29, 0.717) is 19.8 Å².